The zero-order valence-electron chi connectivity index (χ0n) is 18.8. The van der Waals surface area contributed by atoms with Gasteiger partial charge in [-0.15, -0.1) is 0 Å². The van der Waals surface area contributed by atoms with Gasteiger partial charge in [0.2, 0.25) is 0 Å². The SMILES string of the molecule is Cc1ccc2c(Nc3cc(OCc4ccc(F)cc4)ccc3Sc3ccc(O)cc3)ncnc2n1. The number of aromatic nitrogens is 3. The van der Waals surface area contributed by atoms with E-state index in [1.807, 2.05) is 49.4 Å². The number of hydrogen-bond acceptors (Lipinski definition) is 7. The number of nitrogens with one attached hydrogen (secondary N) is 1. The Labute approximate surface area is 205 Å². The molecule has 0 fully saturated rings. The fourth-order valence-corrected chi connectivity index (χ4v) is 4.32. The lowest BCUT2D eigenvalue weighted by Crippen LogP contribution is -2.00. The number of hydrogen-bond donors (Lipinski definition) is 2. The maximum atomic E-state index is 13.2. The Kier molecular flexibility index (Phi) is 6.45. The second-order valence-corrected chi connectivity index (χ2v) is 8.96. The van der Waals surface area contributed by atoms with E-state index >= 15 is 0 Å². The van der Waals surface area contributed by atoms with Gasteiger partial charge in [0.15, 0.2) is 5.65 Å². The summed E-state index contributed by atoms with van der Waals surface area (Å²) in [6.45, 7) is 2.23. The molecule has 0 atom stereocenters. The first-order valence-corrected chi connectivity index (χ1v) is 11.7. The number of fused-ring (bicyclic) bond motifs is 1. The number of phenols is 1. The van der Waals surface area contributed by atoms with Gasteiger partial charge in [-0.2, -0.15) is 0 Å². The van der Waals surface area contributed by atoms with Gasteiger partial charge in [0.25, 0.3) is 0 Å². The van der Waals surface area contributed by atoms with Gasteiger partial charge in [-0.25, -0.2) is 19.3 Å². The van der Waals surface area contributed by atoms with E-state index in [4.69, 9.17) is 4.74 Å². The number of benzene rings is 3. The van der Waals surface area contributed by atoms with Crippen LogP contribution in [0, 0.1) is 12.7 Å². The summed E-state index contributed by atoms with van der Waals surface area (Å²) >= 11 is 1.54. The zero-order chi connectivity index (χ0) is 24.2. The van der Waals surface area contributed by atoms with E-state index in [1.54, 1.807) is 36.0 Å². The van der Waals surface area contributed by atoms with Crippen LogP contribution in [0.3, 0.4) is 0 Å². The number of pyridine rings is 1. The number of aryl methyl sites for hydroxylation is 1. The van der Waals surface area contributed by atoms with Gasteiger partial charge in [0, 0.05) is 21.6 Å². The molecule has 0 unspecified atom stereocenters. The molecule has 0 radical (unpaired) electrons. The van der Waals surface area contributed by atoms with Gasteiger partial charge in [-0.1, -0.05) is 23.9 Å². The first kappa shape index (κ1) is 22.6. The molecule has 174 valence electrons. The molecule has 2 heterocycles. The summed E-state index contributed by atoms with van der Waals surface area (Å²) in [7, 11) is 0. The van der Waals surface area contributed by atoms with Crippen LogP contribution in [0.2, 0.25) is 0 Å². The molecule has 35 heavy (non-hydrogen) atoms. The van der Waals surface area contributed by atoms with Gasteiger partial charge in [-0.05, 0) is 73.2 Å². The Bertz CT molecular complexity index is 1480. The molecule has 0 amide bonds. The van der Waals surface area contributed by atoms with Crippen molar-refractivity contribution in [3.05, 3.63) is 102 Å². The number of ether oxygens (including phenoxy) is 1. The lowest BCUT2D eigenvalue weighted by atomic mass is 10.2. The van der Waals surface area contributed by atoms with E-state index in [0.29, 0.717) is 23.8 Å². The first-order valence-electron chi connectivity index (χ1n) is 10.9. The highest BCUT2D eigenvalue weighted by Crippen LogP contribution is 2.38. The van der Waals surface area contributed by atoms with Crippen molar-refractivity contribution in [1.82, 2.24) is 15.0 Å². The van der Waals surface area contributed by atoms with Crippen molar-refractivity contribution in [2.45, 2.75) is 23.3 Å². The van der Waals surface area contributed by atoms with E-state index in [-0.39, 0.29) is 11.6 Å². The van der Waals surface area contributed by atoms with Gasteiger partial charge in [0.1, 0.15) is 36.1 Å². The average molecular weight is 485 g/mol. The minimum atomic E-state index is -0.280. The minimum absolute atomic E-state index is 0.215. The largest absolute Gasteiger partial charge is 0.508 e. The standard InChI is InChI=1S/C27H21FN4O2S/c1-17-2-12-23-26(31-17)29-16-30-27(23)32-24-14-21(34-15-18-3-5-19(28)6-4-18)9-13-25(24)35-22-10-7-20(33)8-11-22/h2-14,16,33H,15H2,1H3,(H,29,30,31,32). The van der Waals surface area contributed by atoms with Crippen molar-refractivity contribution < 1.29 is 14.2 Å². The molecule has 2 aromatic heterocycles. The summed E-state index contributed by atoms with van der Waals surface area (Å²) in [6.07, 6.45) is 1.48. The van der Waals surface area contributed by atoms with Crippen LogP contribution in [-0.2, 0) is 6.61 Å². The predicted molar refractivity (Wildman–Crippen MR) is 135 cm³/mol. The summed E-state index contributed by atoms with van der Waals surface area (Å²) in [5.74, 6) is 1.22. The fraction of sp³-hybridized carbons (Fsp3) is 0.0741. The van der Waals surface area contributed by atoms with Crippen LogP contribution < -0.4 is 10.1 Å². The van der Waals surface area contributed by atoms with Gasteiger partial charge in [0.05, 0.1) is 11.1 Å². The van der Waals surface area contributed by atoms with E-state index in [1.165, 1.54) is 18.5 Å². The van der Waals surface area contributed by atoms with Crippen LogP contribution in [0.15, 0.2) is 95.0 Å². The number of halogens is 1. The molecule has 0 aliphatic rings. The Hall–Kier alpha value is -4.17. The number of phenolic OH excluding ortho intramolecular Hbond substituents is 1. The van der Waals surface area contributed by atoms with E-state index in [9.17, 15) is 9.50 Å². The molecule has 0 saturated carbocycles. The smallest absolute Gasteiger partial charge is 0.164 e. The maximum absolute atomic E-state index is 13.2. The third kappa shape index (κ3) is 5.50. The van der Waals surface area contributed by atoms with Gasteiger partial charge in [-0.3, -0.25) is 0 Å². The molecule has 0 aliphatic heterocycles. The van der Waals surface area contributed by atoms with Crippen molar-refractivity contribution in [3.63, 3.8) is 0 Å². The summed E-state index contributed by atoms with van der Waals surface area (Å²) < 4.78 is 19.2. The van der Waals surface area contributed by atoms with Crippen LogP contribution in [0.5, 0.6) is 11.5 Å². The van der Waals surface area contributed by atoms with E-state index in [2.05, 4.69) is 20.3 Å². The van der Waals surface area contributed by atoms with Crippen molar-refractivity contribution >= 4 is 34.3 Å². The normalized spacial score (nSPS) is 10.9. The monoisotopic (exact) mass is 484 g/mol. The summed E-state index contributed by atoms with van der Waals surface area (Å²) in [6, 6.07) is 22.9. The van der Waals surface area contributed by atoms with E-state index < -0.39 is 0 Å². The molecular formula is C27H21FN4O2S. The minimum Gasteiger partial charge on any atom is -0.508 e. The highest BCUT2D eigenvalue weighted by molar-refractivity contribution is 7.99. The van der Waals surface area contributed by atoms with Crippen molar-refractivity contribution in [1.29, 1.82) is 0 Å². The number of anilines is 2. The van der Waals surface area contributed by atoms with Crippen molar-refractivity contribution in [2.24, 2.45) is 0 Å². The third-order valence-corrected chi connectivity index (χ3v) is 6.31. The molecule has 0 saturated heterocycles. The Balaban J connectivity index is 1.47. The zero-order valence-corrected chi connectivity index (χ0v) is 19.6. The molecule has 0 spiro atoms. The maximum Gasteiger partial charge on any atom is 0.164 e. The fourth-order valence-electron chi connectivity index (χ4n) is 3.44. The Morgan fingerprint density at radius 1 is 0.943 bits per heavy atom. The summed E-state index contributed by atoms with van der Waals surface area (Å²) in [5.41, 5.74) is 3.15. The summed E-state index contributed by atoms with van der Waals surface area (Å²) in [5, 5.41) is 13.8. The third-order valence-electron chi connectivity index (χ3n) is 5.22. The first-order chi connectivity index (χ1) is 17.0. The number of nitrogens with zero attached hydrogens (tertiary/aromatic N) is 3. The average Bonchev–Trinajstić information content (AvgIpc) is 2.86. The van der Waals surface area contributed by atoms with Gasteiger partial charge < -0.3 is 15.2 Å². The quantitative estimate of drug-likeness (QED) is 0.268. The topological polar surface area (TPSA) is 80.2 Å². The molecule has 2 N–H and O–H groups in total. The number of rotatable bonds is 7. The van der Waals surface area contributed by atoms with Crippen LogP contribution in [0.1, 0.15) is 11.3 Å². The molecule has 6 nitrogen and oxygen atoms in total. The molecule has 0 bridgehead atoms. The molecule has 0 aliphatic carbocycles. The van der Waals surface area contributed by atoms with Crippen LogP contribution >= 0.6 is 11.8 Å². The van der Waals surface area contributed by atoms with E-state index in [0.717, 1.165) is 32.1 Å². The predicted octanol–water partition coefficient (Wildman–Crippen LogP) is 6.65. The Morgan fingerprint density at radius 2 is 1.74 bits per heavy atom. The lowest BCUT2D eigenvalue weighted by Gasteiger charge is -2.15. The second-order valence-electron chi connectivity index (χ2n) is 7.84. The highest BCUT2D eigenvalue weighted by atomic mass is 32.2. The van der Waals surface area contributed by atoms with Crippen LogP contribution in [0.4, 0.5) is 15.9 Å². The Morgan fingerprint density at radius 3 is 2.54 bits per heavy atom. The lowest BCUT2D eigenvalue weighted by molar-refractivity contribution is 0.306. The van der Waals surface area contributed by atoms with Crippen LogP contribution in [0.25, 0.3) is 11.0 Å². The molecule has 5 rings (SSSR count). The summed E-state index contributed by atoms with van der Waals surface area (Å²) in [4.78, 5) is 15.1. The van der Waals surface area contributed by atoms with Gasteiger partial charge >= 0.3 is 0 Å². The van der Waals surface area contributed by atoms with Crippen LogP contribution in [-0.4, -0.2) is 20.1 Å². The molecule has 8 heteroatoms. The molecule has 3 aromatic carbocycles. The number of aromatic hydroxyl groups is 1. The second kappa shape index (κ2) is 9.99. The molecule has 5 aromatic rings. The molecular weight excluding hydrogens is 463 g/mol. The van der Waals surface area contributed by atoms with Crippen molar-refractivity contribution in [2.75, 3.05) is 5.32 Å². The highest BCUT2D eigenvalue weighted by Gasteiger charge is 2.12. The van der Waals surface area contributed by atoms with Crippen molar-refractivity contribution in [3.8, 4) is 11.5 Å².